The van der Waals surface area contributed by atoms with Crippen LogP contribution in [0.15, 0.2) is 18.2 Å². The monoisotopic (exact) mass is 179 g/mol. The van der Waals surface area contributed by atoms with Crippen molar-refractivity contribution < 1.29 is 4.39 Å². The van der Waals surface area contributed by atoms with Gasteiger partial charge in [0, 0.05) is 12.5 Å². The Hall–Kier alpha value is -0.890. The summed E-state index contributed by atoms with van der Waals surface area (Å²) >= 11 is 0. The minimum absolute atomic E-state index is 0.0475. The van der Waals surface area contributed by atoms with Crippen LogP contribution in [-0.4, -0.2) is 13.1 Å². The molecule has 0 spiro atoms. The molecule has 1 nitrogen and oxygen atoms in total. The van der Waals surface area contributed by atoms with Crippen molar-refractivity contribution in [2.75, 3.05) is 13.1 Å². The first-order valence-electron chi connectivity index (χ1n) is 4.74. The fourth-order valence-corrected chi connectivity index (χ4v) is 1.88. The van der Waals surface area contributed by atoms with E-state index in [1.165, 1.54) is 0 Å². The third kappa shape index (κ3) is 1.73. The largest absolute Gasteiger partial charge is 0.316 e. The minimum atomic E-state index is -0.0475. The number of hydrogen-bond donors (Lipinski definition) is 1. The van der Waals surface area contributed by atoms with E-state index >= 15 is 0 Å². The molecule has 1 aliphatic rings. The van der Waals surface area contributed by atoms with Crippen LogP contribution in [0.1, 0.15) is 23.5 Å². The fraction of sp³-hybridized carbons (Fsp3) is 0.455. The van der Waals surface area contributed by atoms with Crippen LogP contribution in [0.5, 0.6) is 0 Å². The molecule has 1 unspecified atom stereocenters. The maximum Gasteiger partial charge on any atom is 0.126 e. The van der Waals surface area contributed by atoms with Gasteiger partial charge in [0.25, 0.3) is 0 Å². The minimum Gasteiger partial charge on any atom is -0.316 e. The summed E-state index contributed by atoms with van der Waals surface area (Å²) in [7, 11) is 0. The van der Waals surface area contributed by atoms with E-state index in [2.05, 4.69) is 5.32 Å². The van der Waals surface area contributed by atoms with Gasteiger partial charge in [0.15, 0.2) is 0 Å². The van der Waals surface area contributed by atoms with Crippen LogP contribution in [-0.2, 0) is 0 Å². The van der Waals surface area contributed by atoms with Gasteiger partial charge >= 0.3 is 0 Å². The quantitative estimate of drug-likeness (QED) is 0.697. The van der Waals surface area contributed by atoms with Gasteiger partial charge in [-0.3, -0.25) is 0 Å². The van der Waals surface area contributed by atoms with Crippen molar-refractivity contribution in [1.82, 2.24) is 5.32 Å². The Balaban J connectivity index is 2.29. The molecule has 1 aromatic carbocycles. The molecule has 1 heterocycles. The molecule has 1 N–H and O–H groups in total. The van der Waals surface area contributed by atoms with Gasteiger partial charge in [0.2, 0.25) is 0 Å². The van der Waals surface area contributed by atoms with Gasteiger partial charge in [0.05, 0.1) is 0 Å². The van der Waals surface area contributed by atoms with Crippen molar-refractivity contribution in [3.8, 4) is 0 Å². The molecule has 2 rings (SSSR count). The van der Waals surface area contributed by atoms with Gasteiger partial charge in [-0.25, -0.2) is 4.39 Å². The van der Waals surface area contributed by atoms with Crippen LogP contribution in [0, 0.1) is 12.7 Å². The maximum atomic E-state index is 13.5. The van der Waals surface area contributed by atoms with E-state index in [4.69, 9.17) is 0 Å². The molecular weight excluding hydrogens is 165 g/mol. The third-order valence-corrected chi connectivity index (χ3v) is 2.66. The van der Waals surface area contributed by atoms with Gasteiger partial charge in [0.1, 0.15) is 5.82 Å². The Morgan fingerprint density at radius 3 is 2.92 bits per heavy atom. The van der Waals surface area contributed by atoms with E-state index in [1.54, 1.807) is 6.07 Å². The lowest BCUT2D eigenvalue weighted by molar-refractivity contribution is 0.587. The van der Waals surface area contributed by atoms with Crippen molar-refractivity contribution >= 4 is 0 Å². The van der Waals surface area contributed by atoms with Crippen molar-refractivity contribution in [2.45, 2.75) is 19.3 Å². The molecule has 1 aromatic rings. The molecule has 1 fully saturated rings. The second kappa shape index (κ2) is 3.46. The number of hydrogen-bond acceptors (Lipinski definition) is 1. The molecule has 0 bridgehead atoms. The molecule has 1 atom stereocenters. The molecule has 1 saturated heterocycles. The number of benzene rings is 1. The lowest BCUT2D eigenvalue weighted by Crippen LogP contribution is -2.08. The Morgan fingerprint density at radius 1 is 1.46 bits per heavy atom. The second-order valence-corrected chi connectivity index (χ2v) is 3.71. The Kier molecular flexibility index (Phi) is 2.32. The predicted octanol–water partition coefficient (Wildman–Crippen LogP) is 2.21. The van der Waals surface area contributed by atoms with Crippen molar-refractivity contribution in [1.29, 1.82) is 0 Å². The zero-order valence-corrected chi connectivity index (χ0v) is 7.81. The van der Waals surface area contributed by atoms with Crippen molar-refractivity contribution in [3.05, 3.63) is 35.1 Å². The zero-order valence-electron chi connectivity index (χ0n) is 7.81. The molecule has 70 valence electrons. The Morgan fingerprint density at radius 2 is 2.31 bits per heavy atom. The Bertz CT molecular complexity index is 303. The second-order valence-electron chi connectivity index (χ2n) is 3.71. The average Bonchev–Trinajstić information content (AvgIpc) is 2.56. The first-order valence-corrected chi connectivity index (χ1v) is 4.74. The summed E-state index contributed by atoms with van der Waals surface area (Å²) in [5.74, 6) is 0.328. The SMILES string of the molecule is Cc1ccc(C2CCNC2)c(F)c1. The number of rotatable bonds is 1. The molecule has 0 aliphatic carbocycles. The summed E-state index contributed by atoms with van der Waals surface area (Å²) in [6.45, 7) is 3.84. The van der Waals surface area contributed by atoms with Gasteiger partial charge in [-0.1, -0.05) is 12.1 Å². The summed E-state index contributed by atoms with van der Waals surface area (Å²) in [5, 5.41) is 3.25. The first kappa shape index (κ1) is 8.70. The number of halogens is 1. The van der Waals surface area contributed by atoms with Crippen LogP contribution >= 0.6 is 0 Å². The van der Waals surface area contributed by atoms with Crippen molar-refractivity contribution in [2.24, 2.45) is 0 Å². The third-order valence-electron chi connectivity index (χ3n) is 2.66. The lowest BCUT2D eigenvalue weighted by atomic mass is 9.97. The van der Waals surface area contributed by atoms with Crippen LogP contribution < -0.4 is 5.32 Å². The van der Waals surface area contributed by atoms with Gasteiger partial charge < -0.3 is 5.32 Å². The summed E-state index contributed by atoms with van der Waals surface area (Å²) in [6, 6.07) is 5.52. The first-order chi connectivity index (χ1) is 6.27. The topological polar surface area (TPSA) is 12.0 Å². The highest BCUT2D eigenvalue weighted by atomic mass is 19.1. The van der Waals surface area contributed by atoms with Crippen LogP contribution in [0.25, 0.3) is 0 Å². The lowest BCUT2D eigenvalue weighted by Gasteiger charge is -2.10. The highest BCUT2D eigenvalue weighted by molar-refractivity contribution is 5.27. The summed E-state index contributed by atoms with van der Waals surface area (Å²) in [6.07, 6.45) is 1.06. The highest BCUT2D eigenvalue weighted by Gasteiger charge is 2.19. The summed E-state index contributed by atoms with van der Waals surface area (Å²) in [5.41, 5.74) is 1.86. The van der Waals surface area contributed by atoms with E-state index in [9.17, 15) is 4.39 Å². The molecule has 0 amide bonds. The molecule has 13 heavy (non-hydrogen) atoms. The molecular formula is C11H14FN. The van der Waals surface area contributed by atoms with Gasteiger partial charge in [-0.15, -0.1) is 0 Å². The smallest absolute Gasteiger partial charge is 0.126 e. The van der Waals surface area contributed by atoms with Crippen LogP contribution in [0.4, 0.5) is 4.39 Å². The Labute approximate surface area is 78.0 Å². The average molecular weight is 179 g/mol. The van der Waals surface area contributed by atoms with Crippen molar-refractivity contribution in [3.63, 3.8) is 0 Å². The fourth-order valence-electron chi connectivity index (χ4n) is 1.88. The molecule has 0 radical (unpaired) electrons. The normalized spacial score (nSPS) is 22.2. The summed E-state index contributed by atoms with van der Waals surface area (Å²) in [4.78, 5) is 0. The molecule has 0 aromatic heterocycles. The van der Waals surface area contributed by atoms with Crippen LogP contribution in [0.2, 0.25) is 0 Å². The summed E-state index contributed by atoms with van der Waals surface area (Å²) < 4.78 is 13.5. The van der Waals surface area contributed by atoms with Crippen LogP contribution in [0.3, 0.4) is 0 Å². The zero-order chi connectivity index (χ0) is 9.26. The van der Waals surface area contributed by atoms with Gasteiger partial charge in [-0.05, 0) is 37.1 Å². The van der Waals surface area contributed by atoms with E-state index in [0.29, 0.717) is 5.92 Å². The highest BCUT2D eigenvalue weighted by Crippen LogP contribution is 2.25. The maximum absolute atomic E-state index is 13.5. The number of nitrogens with one attached hydrogen (secondary N) is 1. The van der Waals surface area contributed by atoms with Gasteiger partial charge in [-0.2, -0.15) is 0 Å². The van der Waals surface area contributed by atoms with E-state index in [1.807, 2.05) is 19.1 Å². The number of aryl methyl sites for hydroxylation is 1. The van der Waals surface area contributed by atoms with E-state index in [-0.39, 0.29) is 5.82 Å². The molecule has 0 saturated carbocycles. The van der Waals surface area contributed by atoms with E-state index in [0.717, 1.165) is 30.6 Å². The predicted molar refractivity (Wildman–Crippen MR) is 51.4 cm³/mol. The standard InChI is InChI=1S/C11H14FN/c1-8-2-3-10(11(12)6-8)9-4-5-13-7-9/h2-3,6,9,13H,4-5,7H2,1H3. The molecule has 1 aliphatic heterocycles. The van der Waals surface area contributed by atoms with E-state index < -0.39 is 0 Å². The molecule has 2 heteroatoms.